The van der Waals surface area contributed by atoms with E-state index in [1.807, 2.05) is 6.07 Å². The summed E-state index contributed by atoms with van der Waals surface area (Å²) in [6.07, 6.45) is 0. The minimum absolute atomic E-state index is 0.353. The number of aryl methyl sites for hydroxylation is 1. The van der Waals surface area contributed by atoms with Crippen molar-refractivity contribution in [2.45, 2.75) is 20.4 Å². The van der Waals surface area contributed by atoms with Gasteiger partial charge in [-0.05, 0) is 58.6 Å². The molecule has 0 aromatic heterocycles. The first-order valence-electron chi connectivity index (χ1n) is 5.92. The Bertz CT molecular complexity index is 590. The fraction of sp³-hybridized carbons (Fsp3) is 0.200. The van der Waals surface area contributed by atoms with Gasteiger partial charge in [-0.1, -0.05) is 29.8 Å². The number of benzene rings is 2. The Balaban J connectivity index is 2.22. The van der Waals surface area contributed by atoms with Crippen LogP contribution in [0.1, 0.15) is 16.7 Å². The van der Waals surface area contributed by atoms with Gasteiger partial charge in [-0.15, -0.1) is 0 Å². The molecular weight excluding hydrogens is 329 g/mol. The lowest BCUT2D eigenvalue weighted by molar-refractivity contribution is 0.627. The maximum absolute atomic E-state index is 13.1. The molecule has 0 fully saturated rings. The maximum Gasteiger partial charge on any atom is 0.125 e. The standard InChI is InChI=1S/C15H14BrClFN/c1-9-4-3-5-11(10(9)2)8-19-15-13(16)6-12(18)7-14(15)17/h3-7,19H,8H2,1-2H3. The molecule has 0 heterocycles. The van der Waals surface area contributed by atoms with E-state index in [0.29, 0.717) is 21.7 Å². The van der Waals surface area contributed by atoms with Crippen molar-refractivity contribution in [2.75, 3.05) is 5.32 Å². The highest BCUT2D eigenvalue weighted by atomic mass is 79.9. The van der Waals surface area contributed by atoms with Gasteiger partial charge in [-0.3, -0.25) is 0 Å². The van der Waals surface area contributed by atoms with Crippen molar-refractivity contribution in [1.29, 1.82) is 0 Å². The minimum atomic E-state index is -0.353. The van der Waals surface area contributed by atoms with Gasteiger partial charge in [0.25, 0.3) is 0 Å². The Morgan fingerprint density at radius 2 is 2.00 bits per heavy atom. The van der Waals surface area contributed by atoms with Crippen LogP contribution in [0.3, 0.4) is 0 Å². The Morgan fingerprint density at radius 3 is 2.68 bits per heavy atom. The zero-order valence-corrected chi connectivity index (χ0v) is 13.1. The molecule has 0 atom stereocenters. The molecule has 1 N–H and O–H groups in total. The van der Waals surface area contributed by atoms with Gasteiger partial charge in [0.15, 0.2) is 0 Å². The van der Waals surface area contributed by atoms with Crippen molar-refractivity contribution in [1.82, 2.24) is 0 Å². The topological polar surface area (TPSA) is 12.0 Å². The van der Waals surface area contributed by atoms with E-state index in [-0.39, 0.29) is 5.82 Å². The summed E-state index contributed by atoms with van der Waals surface area (Å²) in [7, 11) is 0. The number of halogens is 3. The van der Waals surface area contributed by atoms with E-state index < -0.39 is 0 Å². The van der Waals surface area contributed by atoms with Crippen molar-refractivity contribution in [3.8, 4) is 0 Å². The highest BCUT2D eigenvalue weighted by molar-refractivity contribution is 9.10. The third-order valence-electron chi connectivity index (χ3n) is 3.18. The summed E-state index contributed by atoms with van der Waals surface area (Å²) < 4.78 is 13.8. The highest BCUT2D eigenvalue weighted by Gasteiger charge is 2.08. The molecule has 0 saturated heterocycles. The highest BCUT2D eigenvalue weighted by Crippen LogP contribution is 2.32. The molecule has 0 spiro atoms. The van der Waals surface area contributed by atoms with E-state index in [1.54, 1.807) is 0 Å². The van der Waals surface area contributed by atoms with Gasteiger partial charge >= 0.3 is 0 Å². The number of anilines is 1. The molecular formula is C15H14BrClFN. The van der Waals surface area contributed by atoms with Crippen LogP contribution in [0.5, 0.6) is 0 Å². The second kappa shape index (κ2) is 5.93. The molecule has 0 saturated carbocycles. The second-order valence-corrected chi connectivity index (χ2v) is 5.72. The van der Waals surface area contributed by atoms with Gasteiger partial charge in [0, 0.05) is 11.0 Å². The van der Waals surface area contributed by atoms with Gasteiger partial charge in [0.05, 0.1) is 10.7 Å². The van der Waals surface area contributed by atoms with Crippen molar-refractivity contribution in [3.05, 3.63) is 62.3 Å². The van der Waals surface area contributed by atoms with E-state index in [0.717, 1.165) is 0 Å². The molecule has 4 heteroatoms. The van der Waals surface area contributed by atoms with Crippen LogP contribution in [0.2, 0.25) is 5.02 Å². The van der Waals surface area contributed by atoms with Crippen LogP contribution in [0.15, 0.2) is 34.8 Å². The van der Waals surface area contributed by atoms with Gasteiger partial charge in [0.1, 0.15) is 5.82 Å². The minimum Gasteiger partial charge on any atom is -0.379 e. The largest absolute Gasteiger partial charge is 0.379 e. The van der Waals surface area contributed by atoms with Gasteiger partial charge in [0.2, 0.25) is 0 Å². The average molecular weight is 343 g/mol. The quantitative estimate of drug-likeness (QED) is 0.780. The lowest BCUT2D eigenvalue weighted by Gasteiger charge is -2.13. The van der Waals surface area contributed by atoms with Crippen molar-refractivity contribution >= 4 is 33.2 Å². The first-order chi connectivity index (χ1) is 8.99. The van der Waals surface area contributed by atoms with Crippen molar-refractivity contribution in [3.63, 3.8) is 0 Å². The lowest BCUT2D eigenvalue weighted by atomic mass is 10.0. The molecule has 0 amide bonds. The van der Waals surface area contributed by atoms with Gasteiger partial charge in [-0.25, -0.2) is 4.39 Å². The van der Waals surface area contributed by atoms with Crippen LogP contribution in [0, 0.1) is 19.7 Å². The summed E-state index contributed by atoms with van der Waals surface area (Å²) >= 11 is 9.36. The van der Waals surface area contributed by atoms with Crippen LogP contribution in [0.4, 0.5) is 10.1 Å². The molecule has 0 aliphatic heterocycles. The third-order valence-corrected chi connectivity index (χ3v) is 4.10. The van der Waals surface area contributed by atoms with Gasteiger partial charge < -0.3 is 5.32 Å². The predicted molar refractivity (Wildman–Crippen MR) is 82.4 cm³/mol. The van der Waals surface area contributed by atoms with Crippen LogP contribution in [-0.4, -0.2) is 0 Å². The molecule has 0 radical (unpaired) electrons. The molecule has 2 aromatic rings. The fourth-order valence-electron chi connectivity index (χ4n) is 1.90. The Morgan fingerprint density at radius 1 is 1.26 bits per heavy atom. The first-order valence-corrected chi connectivity index (χ1v) is 7.09. The van der Waals surface area contributed by atoms with E-state index in [9.17, 15) is 4.39 Å². The lowest BCUT2D eigenvalue weighted by Crippen LogP contribution is -2.03. The summed E-state index contributed by atoms with van der Waals surface area (Å²) in [6, 6.07) is 8.88. The van der Waals surface area contributed by atoms with Crippen LogP contribution >= 0.6 is 27.5 Å². The molecule has 2 aromatic carbocycles. The molecule has 19 heavy (non-hydrogen) atoms. The summed E-state index contributed by atoms with van der Waals surface area (Å²) in [6.45, 7) is 4.82. The Labute approximate surface area is 125 Å². The fourth-order valence-corrected chi connectivity index (χ4v) is 2.86. The average Bonchev–Trinajstić information content (AvgIpc) is 2.33. The SMILES string of the molecule is Cc1cccc(CNc2c(Cl)cc(F)cc2Br)c1C. The number of rotatable bonds is 3. The smallest absolute Gasteiger partial charge is 0.125 e. The van der Waals surface area contributed by atoms with Crippen LogP contribution < -0.4 is 5.32 Å². The summed E-state index contributed by atoms with van der Waals surface area (Å²) in [5, 5.41) is 3.62. The normalized spacial score (nSPS) is 10.6. The Kier molecular flexibility index (Phi) is 4.48. The molecule has 0 aliphatic carbocycles. The molecule has 0 bridgehead atoms. The Hall–Kier alpha value is -1.06. The molecule has 0 aliphatic rings. The summed E-state index contributed by atoms with van der Waals surface area (Å²) in [5.41, 5.74) is 4.42. The molecule has 100 valence electrons. The van der Waals surface area contributed by atoms with Crippen LogP contribution in [-0.2, 0) is 6.54 Å². The van der Waals surface area contributed by atoms with Crippen molar-refractivity contribution in [2.24, 2.45) is 0 Å². The molecule has 2 rings (SSSR count). The number of hydrogen-bond acceptors (Lipinski definition) is 1. The molecule has 1 nitrogen and oxygen atoms in total. The maximum atomic E-state index is 13.1. The van der Waals surface area contributed by atoms with E-state index in [4.69, 9.17) is 11.6 Å². The first kappa shape index (κ1) is 14.4. The molecule has 0 unspecified atom stereocenters. The van der Waals surface area contributed by atoms with E-state index >= 15 is 0 Å². The number of hydrogen-bond donors (Lipinski definition) is 1. The predicted octanol–water partition coefficient (Wildman–Crippen LogP) is 5.47. The second-order valence-electron chi connectivity index (χ2n) is 4.46. The van der Waals surface area contributed by atoms with Gasteiger partial charge in [-0.2, -0.15) is 0 Å². The zero-order valence-electron chi connectivity index (χ0n) is 10.7. The zero-order chi connectivity index (χ0) is 14.0. The third kappa shape index (κ3) is 3.28. The van der Waals surface area contributed by atoms with E-state index in [2.05, 4.69) is 47.2 Å². The van der Waals surface area contributed by atoms with Crippen LogP contribution in [0.25, 0.3) is 0 Å². The number of nitrogens with one attached hydrogen (secondary N) is 1. The summed E-state index contributed by atoms with van der Waals surface area (Å²) in [5.74, 6) is -0.353. The van der Waals surface area contributed by atoms with E-state index in [1.165, 1.54) is 28.8 Å². The monoisotopic (exact) mass is 341 g/mol. The van der Waals surface area contributed by atoms with Crippen molar-refractivity contribution < 1.29 is 4.39 Å². The summed E-state index contributed by atoms with van der Waals surface area (Å²) in [4.78, 5) is 0.